The Hall–Kier alpha value is -1.91. The normalized spacial score (nSPS) is 25.4. The van der Waals surface area contributed by atoms with E-state index in [2.05, 4.69) is 5.32 Å². The summed E-state index contributed by atoms with van der Waals surface area (Å²) in [5.41, 5.74) is -0.295. The fourth-order valence-corrected chi connectivity index (χ4v) is 4.83. The predicted octanol–water partition coefficient (Wildman–Crippen LogP) is 3.40. The molecule has 0 bridgehead atoms. The number of halogens is 1. The number of aryl methyl sites for hydroxylation is 1. The van der Waals surface area contributed by atoms with Crippen LogP contribution in [0.4, 0.5) is 4.39 Å². The molecule has 0 radical (unpaired) electrons. The Bertz CT molecular complexity index is 694. The van der Waals surface area contributed by atoms with Gasteiger partial charge in [-0.1, -0.05) is 30.3 Å². The largest absolute Gasteiger partial charge is 0.353 e. The minimum absolute atomic E-state index is 0.110. The van der Waals surface area contributed by atoms with Gasteiger partial charge < -0.3 is 10.2 Å². The lowest BCUT2D eigenvalue weighted by atomic mass is 9.59. The van der Waals surface area contributed by atoms with Gasteiger partial charge in [0.25, 0.3) is 5.91 Å². The Balaban J connectivity index is 1.25. The van der Waals surface area contributed by atoms with Gasteiger partial charge in [-0.15, -0.1) is 0 Å². The molecule has 3 fully saturated rings. The van der Waals surface area contributed by atoms with Gasteiger partial charge >= 0.3 is 0 Å². The highest BCUT2D eigenvalue weighted by Crippen LogP contribution is 2.50. The van der Waals surface area contributed by atoms with Gasteiger partial charge in [-0.2, -0.15) is 0 Å². The number of nitrogens with zero attached hydrogens (tertiary/aromatic N) is 1. The Morgan fingerprint density at radius 1 is 1.07 bits per heavy atom. The van der Waals surface area contributed by atoms with Gasteiger partial charge in [0.1, 0.15) is 0 Å². The van der Waals surface area contributed by atoms with Crippen molar-refractivity contribution in [2.45, 2.75) is 69.5 Å². The summed E-state index contributed by atoms with van der Waals surface area (Å²) in [5, 5.41) is 3.23. The van der Waals surface area contributed by atoms with Crippen LogP contribution in [0.5, 0.6) is 0 Å². The second-order valence-electron chi connectivity index (χ2n) is 8.62. The number of amides is 2. The number of nitrogens with one attached hydrogen (secondary N) is 1. The lowest BCUT2D eigenvalue weighted by Gasteiger charge is -2.54. The van der Waals surface area contributed by atoms with Crippen LogP contribution in [0.25, 0.3) is 0 Å². The van der Waals surface area contributed by atoms with Gasteiger partial charge in [-0.05, 0) is 62.3 Å². The Morgan fingerprint density at radius 3 is 2.33 bits per heavy atom. The standard InChI is InChI=1S/C22H29FN2O2/c23-22(10-4-11-22)20(27)25-15-13-21(14-16-25)12-9-18(21)24-19(26)8-7-17-5-2-1-3-6-17/h1-3,5-6,18H,4,7-16H2,(H,24,26). The van der Waals surface area contributed by atoms with Gasteiger partial charge in [-0.3, -0.25) is 9.59 Å². The van der Waals surface area contributed by atoms with E-state index >= 15 is 0 Å². The van der Waals surface area contributed by atoms with E-state index in [0.29, 0.717) is 32.4 Å². The molecular weight excluding hydrogens is 343 g/mol. The quantitative estimate of drug-likeness (QED) is 0.861. The molecule has 1 aromatic carbocycles. The highest BCUT2D eigenvalue weighted by molar-refractivity contribution is 5.86. The number of alkyl halides is 1. The smallest absolute Gasteiger partial charge is 0.260 e. The SMILES string of the molecule is O=C(CCc1ccccc1)NC1CCC12CCN(C(=O)C1(F)CCC1)CC2. The van der Waals surface area contributed by atoms with E-state index in [-0.39, 0.29) is 23.3 Å². The molecule has 146 valence electrons. The first kappa shape index (κ1) is 18.5. The zero-order valence-electron chi connectivity index (χ0n) is 15.9. The van der Waals surface area contributed by atoms with E-state index in [1.54, 1.807) is 4.90 Å². The van der Waals surface area contributed by atoms with Gasteiger partial charge in [0.15, 0.2) is 5.67 Å². The van der Waals surface area contributed by atoms with Crippen molar-refractivity contribution in [3.05, 3.63) is 35.9 Å². The molecule has 27 heavy (non-hydrogen) atoms. The summed E-state index contributed by atoms with van der Waals surface area (Å²) >= 11 is 0. The number of hydrogen-bond acceptors (Lipinski definition) is 2. The molecule has 1 saturated heterocycles. The molecule has 1 unspecified atom stereocenters. The fourth-order valence-electron chi connectivity index (χ4n) is 4.83. The number of rotatable bonds is 5. The van der Waals surface area contributed by atoms with Crippen LogP contribution in [0.2, 0.25) is 0 Å². The first-order valence-corrected chi connectivity index (χ1v) is 10.3. The number of hydrogen-bond donors (Lipinski definition) is 1. The van der Waals surface area contributed by atoms with Crippen LogP contribution >= 0.6 is 0 Å². The van der Waals surface area contributed by atoms with Crippen LogP contribution in [-0.2, 0) is 16.0 Å². The van der Waals surface area contributed by atoms with Crippen molar-refractivity contribution in [3.8, 4) is 0 Å². The average Bonchev–Trinajstić information content (AvgIpc) is 2.68. The highest BCUT2D eigenvalue weighted by atomic mass is 19.1. The summed E-state index contributed by atoms with van der Waals surface area (Å²) in [5.74, 6) is -0.190. The Labute approximate surface area is 160 Å². The first-order valence-electron chi connectivity index (χ1n) is 10.3. The van der Waals surface area contributed by atoms with E-state index in [0.717, 1.165) is 38.5 Å². The van der Waals surface area contributed by atoms with Crippen molar-refractivity contribution in [1.29, 1.82) is 0 Å². The molecule has 1 aliphatic heterocycles. The summed E-state index contributed by atoms with van der Waals surface area (Å²) in [6.45, 7) is 1.25. The minimum atomic E-state index is -1.59. The van der Waals surface area contributed by atoms with Crippen molar-refractivity contribution in [2.24, 2.45) is 5.41 Å². The van der Waals surface area contributed by atoms with E-state index in [1.165, 1.54) is 5.56 Å². The summed E-state index contributed by atoms with van der Waals surface area (Å²) in [7, 11) is 0. The number of benzene rings is 1. The average molecular weight is 372 g/mol. The molecule has 2 saturated carbocycles. The number of likely N-dealkylation sites (tertiary alicyclic amines) is 1. The predicted molar refractivity (Wildman–Crippen MR) is 102 cm³/mol. The van der Waals surface area contributed by atoms with E-state index in [4.69, 9.17) is 0 Å². The second-order valence-corrected chi connectivity index (χ2v) is 8.62. The topological polar surface area (TPSA) is 49.4 Å². The molecule has 1 heterocycles. The van der Waals surface area contributed by atoms with Crippen LogP contribution in [0.15, 0.2) is 30.3 Å². The van der Waals surface area contributed by atoms with Crippen LogP contribution in [0.1, 0.15) is 56.9 Å². The van der Waals surface area contributed by atoms with Crippen molar-refractivity contribution >= 4 is 11.8 Å². The molecule has 4 rings (SSSR count). The molecule has 4 nitrogen and oxygen atoms in total. The van der Waals surface area contributed by atoms with Crippen molar-refractivity contribution < 1.29 is 14.0 Å². The highest BCUT2D eigenvalue weighted by Gasteiger charge is 2.52. The lowest BCUT2D eigenvalue weighted by molar-refractivity contribution is -0.154. The summed E-state index contributed by atoms with van der Waals surface area (Å²) < 4.78 is 14.4. The van der Waals surface area contributed by atoms with E-state index in [9.17, 15) is 14.0 Å². The monoisotopic (exact) mass is 372 g/mol. The molecule has 0 aromatic heterocycles. The third-order valence-corrected chi connectivity index (χ3v) is 7.06. The van der Waals surface area contributed by atoms with Crippen LogP contribution < -0.4 is 5.32 Å². The zero-order chi connectivity index (χ0) is 18.9. The number of carbonyl (C=O) groups is 2. The van der Waals surface area contributed by atoms with Gasteiger partial charge in [0.05, 0.1) is 0 Å². The van der Waals surface area contributed by atoms with Crippen molar-refractivity contribution in [1.82, 2.24) is 10.2 Å². The molecular formula is C22H29FN2O2. The zero-order valence-corrected chi connectivity index (χ0v) is 15.9. The minimum Gasteiger partial charge on any atom is -0.353 e. The third kappa shape index (κ3) is 3.61. The van der Waals surface area contributed by atoms with Gasteiger partial charge in [0.2, 0.25) is 5.91 Å². The molecule has 1 atom stereocenters. The van der Waals surface area contributed by atoms with E-state index < -0.39 is 5.67 Å². The van der Waals surface area contributed by atoms with Crippen molar-refractivity contribution in [2.75, 3.05) is 13.1 Å². The van der Waals surface area contributed by atoms with Crippen LogP contribution in [-0.4, -0.2) is 41.5 Å². The summed E-state index contributed by atoms with van der Waals surface area (Å²) in [6, 6.07) is 10.3. The molecule has 2 aliphatic carbocycles. The molecule has 3 aliphatic rings. The maximum Gasteiger partial charge on any atom is 0.260 e. The third-order valence-electron chi connectivity index (χ3n) is 7.06. The van der Waals surface area contributed by atoms with Gasteiger partial charge in [-0.25, -0.2) is 4.39 Å². The maximum absolute atomic E-state index is 14.4. The fraction of sp³-hybridized carbons (Fsp3) is 0.636. The van der Waals surface area contributed by atoms with Crippen LogP contribution in [0.3, 0.4) is 0 Å². The lowest BCUT2D eigenvalue weighted by Crippen LogP contribution is -2.61. The maximum atomic E-state index is 14.4. The molecule has 2 amide bonds. The second kappa shape index (κ2) is 7.25. The van der Waals surface area contributed by atoms with E-state index in [1.807, 2.05) is 30.3 Å². The number of piperidine rings is 1. The van der Waals surface area contributed by atoms with Gasteiger partial charge in [0, 0.05) is 25.6 Å². The molecule has 1 N–H and O–H groups in total. The Morgan fingerprint density at radius 2 is 1.78 bits per heavy atom. The van der Waals surface area contributed by atoms with Crippen LogP contribution in [0, 0.1) is 5.41 Å². The van der Waals surface area contributed by atoms with Crippen molar-refractivity contribution in [3.63, 3.8) is 0 Å². The summed E-state index contributed by atoms with van der Waals surface area (Å²) in [6.07, 6.45) is 6.70. The summed E-state index contributed by atoms with van der Waals surface area (Å²) in [4.78, 5) is 26.5. The molecule has 5 heteroatoms. The first-order chi connectivity index (χ1) is 13.0. The molecule has 1 spiro atoms. The number of carbonyl (C=O) groups excluding carboxylic acids is 2. The molecule has 1 aromatic rings. The Kier molecular flexibility index (Phi) is 4.95.